The van der Waals surface area contributed by atoms with Gasteiger partial charge < -0.3 is 10.2 Å². The number of halogens is 1. The summed E-state index contributed by atoms with van der Waals surface area (Å²) in [4.78, 5) is 13.9. The maximum atomic E-state index is 12.1. The Morgan fingerprint density at radius 1 is 1.53 bits per heavy atom. The van der Waals surface area contributed by atoms with Gasteiger partial charge in [-0.3, -0.25) is 0 Å². The van der Waals surface area contributed by atoms with Crippen LogP contribution in [0.1, 0.15) is 11.6 Å². The number of carbonyl (C=O) groups is 1. The summed E-state index contributed by atoms with van der Waals surface area (Å²) in [6.45, 7) is 0.990. The third kappa shape index (κ3) is 3.59. The number of rotatable bonds is 2. The van der Waals surface area contributed by atoms with E-state index in [0.29, 0.717) is 5.02 Å². The molecule has 2 rings (SSSR count). The molecule has 0 bridgehead atoms. The summed E-state index contributed by atoms with van der Waals surface area (Å²) >= 11 is 7.75. The van der Waals surface area contributed by atoms with E-state index in [9.17, 15) is 4.79 Å². The van der Waals surface area contributed by atoms with Gasteiger partial charge in [0.2, 0.25) is 0 Å². The lowest BCUT2D eigenvalue weighted by Gasteiger charge is -2.35. The molecule has 0 aliphatic carbocycles. The predicted molar refractivity (Wildman–Crippen MR) is 80.5 cm³/mol. The van der Waals surface area contributed by atoms with E-state index in [1.807, 2.05) is 40.9 Å². The Morgan fingerprint density at radius 3 is 2.95 bits per heavy atom. The maximum Gasteiger partial charge on any atom is 0.318 e. The first kappa shape index (κ1) is 14.1. The van der Waals surface area contributed by atoms with E-state index in [4.69, 9.17) is 18.0 Å². The molecule has 1 fully saturated rings. The van der Waals surface area contributed by atoms with Crippen molar-refractivity contribution in [1.29, 1.82) is 0 Å². The Morgan fingerprint density at radius 2 is 2.26 bits per heavy atom. The number of nitrogens with zero attached hydrogens (tertiary/aromatic N) is 1. The second-order valence-electron chi connectivity index (χ2n) is 4.20. The first-order valence-corrected chi connectivity index (χ1v) is 7.57. The Hall–Kier alpha value is -1.31. The van der Waals surface area contributed by atoms with E-state index in [1.54, 1.807) is 0 Å². The Labute approximate surface area is 122 Å². The molecule has 0 unspecified atom stereocenters. The van der Waals surface area contributed by atoms with Gasteiger partial charge in [0.1, 0.15) is 0 Å². The van der Waals surface area contributed by atoms with Crippen molar-refractivity contribution >= 4 is 29.4 Å². The molecule has 1 aromatic carbocycles. The van der Waals surface area contributed by atoms with Crippen LogP contribution in [0.25, 0.3) is 0 Å². The van der Waals surface area contributed by atoms with Crippen LogP contribution in [0.2, 0.25) is 5.02 Å². The lowest BCUT2D eigenvalue weighted by atomic mass is 10.1. The SMILES string of the molecule is C#CCNC(=O)N1CCSC[C@H]1c1ccc(Cl)cc1. The summed E-state index contributed by atoms with van der Waals surface area (Å²) in [6, 6.07) is 7.63. The van der Waals surface area contributed by atoms with Gasteiger partial charge in [-0.2, -0.15) is 11.8 Å². The topological polar surface area (TPSA) is 32.3 Å². The van der Waals surface area contributed by atoms with Crippen LogP contribution in [0, 0.1) is 12.3 Å². The lowest BCUT2D eigenvalue weighted by molar-refractivity contribution is 0.184. The molecule has 0 aromatic heterocycles. The van der Waals surface area contributed by atoms with Crippen LogP contribution in [0.15, 0.2) is 24.3 Å². The smallest absolute Gasteiger partial charge is 0.318 e. The van der Waals surface area contributed by atoms with Crippen LogP contribution in [0.3, 0.4) is 0 Å². The van der Waals surface area contributed by atoms with Crippen molar-refractivity contribution in [2.45, 2.75) is 6.04 Å². The molecule has 1 aliphatic heterocycles. The third-order valence-electron chi connectivity index (χ3n) is 2.99. The van der Waals surface area contributed by atoms with Crippen molar-refractivity contribution < 1.29 is 4.79 Å². The van der Waals surface area contributed by atoms with Gasteiger partial charge in [0.15, 0.2) is 0 Å². The van der Waals surface area contributed by atoms with E-state index < -0.39 is 0 Å². The van der Waals surface area contributed by atoms with Crippen LogP contribution in [-0.2, 0) is 0 Å². The minimum atomic E-state index is -0.0989. The van der Waals surface area contributed by atoms with Gasteiger partial charge in [0.25, 0.3) is 0 Å². The first-order valence-electron chi connectivity index (χ1n) is 6.03. The van der Waals surface area contributed by atoms with E-state index in [-0.39, 0.29) is 18.6 Å². The zero-order chi connectivity index (χ0) is 13.7. The van der Waals surface area contributed by atoms with E-state index in [1.165, 1.54) is 0 Å². The summed E-state index contributed by atoms with van der Waals surface area (Å²) in [5.74, 6) is 4.26. The maximum absolute atomic E-state index is 12.1. The van der Waals surface area contributed by atoms with Crippen molar-refractivity contribution in [1.82, 2.24) is 10.2 Å². The van der Waals surface area contributed by atoms with Crippen LogP contribution < -0.4 is 5.32 Å². The highest BCUT2D eigenvalue weighted by atomic mass is 35.5. The number of amides is 2. The van der Waals surface area contributed by atoms with Crippen LogP contribution in [0.4, 0.5) is 4.79 Å². The number of terminal acetylenes is 1. The van der Waals surface area contributed by atoms with Crippen molar-refractivity contribution in [3.63, 3.8) is 0 Å². The summed E-state index contributed by atoms with van der Waals surface area (Å²) in [5.41, 5.74) is 1.10. The van der Waals surface area contributed by atoms with Crippen LogP contribution >= 0.6 is 23.4 Å². The molecule has 1 saturated heterocycles. The molecule has 19 heavy (non-hydrogen) atoms. The van der Waals surface area contributed by atoms with Crippen molar-refractivity contribution in [3.05, 3.63) is 34.9 Å². The summed E-state index contributed by atoms with van der Waals surface area (Å²) in [7, 11) is 0. The predicted octanol–water partition coefficient (Wildman–Crippen LogP) is 2.77. The fourth-order valence-electron chi connectivity index (χ4n) is 2.04. The molecular formula is C14H15ClN2OS. The molecule has 0 spiro atoms. The molecule has 2 amide bonds. The molecular weight excluding hydrogens is 280 g/mol. The van der Waals surface area contributed by atoms with E-state index in [2.05, 4.69) is 11.2 Å². The van der Waals surface area contributed by atoms with Crippen LogP contribution in [0.5, 0.6) is 0 Å². The Bertz CT molecular complexity index is 483. The number of hydrogen-bond donors (Lipinski definition) is 1. The zero-order valence-corrected chi connectivity index (χ0v) is 12.0. The zero-order valence-electron chi connectivity index (χ0n) is 10.4. The molecule has 100 valence electrons. The molecule has 0 radical (unpaired) electrons. The van der Waals surface area contributed by atoms with Gasteiger partial charge in [-0.05, 0) is 17.7 Å². The van der Waals surface area contributed by atoms with Gasteiger partial charge in [-0.25, -0.2) is 4.79 Å². The first-order chi connectivity index (χ1) is 9.22. The highest BCUT2D eigenvalue weighted by Gasteiger charge is 2.27. The largest absolute Gasteiger partial charge is 0.327 e. The number of thioether (sulfide) groups is 1. The van der Waals surface area contributed by atoms with Gasteiger partial charge in [0, 0.05) is 23.1 Å². The fourth-order valence-corrected chi connectivity index (χ4v) is 3.25. The van der Waals surface area contributed by atoms with Gasteiger partial charge >= 0.3 is 6.03 Å². The fraction of sp³-hybridized carbons (Fsp3) is 0.357. The summed E-state index contributed by atoms with van der Waals surface area (Å²) < 4.78 is 0. The third-order valence-corrected chi connectivity index (χ3v) is 4.26. The molecule has 1 aromatic rings. The molecule has 0 saturated carbocycles. The molecule has 1 N–H and O–H groups in total. The molecule has 1 atom stereocenters. The Balaban J connectivity index is 2.14. The monoisotopic (exact) mass is 294 g/mol. The van der Waals surface area contributed by atoms with E-state index in [0.717, 1.165) is 23.6 Å². The molecule has 3 nitrogen and oxygen atoms in total. The molecule has 5 heteroatoms. The normalized spacial score (nSPS) is 18.7. The second kappa shape index (κ2) is 6.74. The second-order valence-corrected chi connectivity index (χ2v) is 5.78. The highest BCUT2D eigenvalue weighted by Crippen LogP contribution is 2.30. The minimum absolute atomic E-state index is 0.0776. The number of benzene rings is 1. The van der Waals surface area contributed by atoms with E-state index >= 15 is 0 Å². The summed E-state index contributed by atoms with van der Waals surface area (Å²) in [5, 5.41) is 3.43. The van der Waals surface area contributed by atoms with Gasteiger partial charge in [-0.1, -0.05) is 29.7 Å². The van der Waals surface area contributed by atoms with Gasteiger partial charge in [-0.15, -0.1) is 6.42 Å². The number of nitrogens with one attached hydrogen (secondary N) is 1. The average molecular weight is 295 g/mol. The van der Waals surface area contributed by atoms with Crippen molar-refractivity contribution in [3.8, 4) is 12.3 Å². The quantitative estimate of drug-likeness (QED) is 0.851. The number of urea groups is 1. The lowest BCUT2D eigenvalue weighted by Crippen LogP contribution is -2.46. The summed E-state index contributed by atoms with van der Waals surface area (Å²) in [6.07, 6.45) is 5.17. The molecule has 1 heterocycles. The Kier molecular flexibility index (Phi) is 5.00. The van der Waals surface area contributed by atoms with Crippen molar-refractivity contribution in [2.75, 3.05) is 24.6 Å². The number of hydrogen-bond acceptors (Lipinski definition) is 2. The number of carbonyl (C=O) groups excluding carboxylic acids is 1. The standard InChI is InChI=1S/C14H15ClN2OS/c1-2-7-16-14(18)17-8-9-19-10-13(17)11-3-5-12(15)6-4-11/h1,3-6,13H,7-10H2,(H,16,18)/t13-/m0/s1. The highest BCUT2D eigenvalue weighted by molar-refractivity contribution is 7.99. The van der Waals surface area contributed by atoms with Gasteiger partial charge in [0.05, 0.1) is 12.6 Å². The minimum Gasteiger partial charge on any atom is -0.327 e. The average Bonchev–Trinajstić information content (AvgIpc) is 2.45. The van der Waals surface area contributed by atoms with Crippen LogP contribution in [-0.4, -0.2) is 35.5 Å². The van der Waals surface area contributed by atoms with Crippen molar-refractivity contribution in [2.24, 2.45) is 0 Å². The molecule has 1 aliphatic rings.